The Hall–Kier alpha value is -0.710. The van der Waals surface area contributed by atoms with Gasteiger partial charge in [-0.05, 0) is 25.0 Å². The van der Waals surface area contributed by atoms with Gasteiger partial charge in [0.2, 0.25) is 0 Å². The van der Waals surface area contributed by atoms with Crippen LogP contribution in [0, 0.1) is 0 Å². The Morgan fingerprint density at radius 2 is 2.24 bits per heavy atom. The molecule has 1 aliphatic carbocycles. The van der Waals surface area contributed by atoms with Crippen LogP contribution in [0.15, 0.2) is 29.2 Å². The van der Waals surface area contributed by atoms with E-state index in [-0.39, 0.29) is 0 Å². The van der Waals surface area contributed by atoms with E-state index in [4.69, 9.17) is 16.7 Å². The highest BCUT2D eigenvalue weighted by Gasteiger charge is 2.28. The van der Waals surface area contributed by atoms with Crippen LogP contribution in [-0.4, -0.2) is 28.9 Å². The van der Waals surface area contributed by atoms with Gasteiger partial charge in [-0.2, -0.15) is 0 Å². The van der Waals surface area contributed by atoms with Crippen LogP contribution in [0.4, 0.5) is 0 Å². The highest BCUT2D eigenvalue weighted by Crippen LogP contribution is 2.28. The second-order valence-corrected chi connectivity index (χ2v) is 5.54. The largest absolute Gasteiger partial charge is 0.480 e. The van der Waals surface area contributed by atoms with Crippen molar-refractivity contribution in [2.75, 3.05) is 5.75 Å². The molecule has 5 heteroatoms. The number of benzene rings is 1. The molecule has 0 amide bonds. The summed E-state index contributed by atoms with van der Waals surface area (Å²) in [6.07, 6.45) is 2.17. The molecule has 0 spiro atoms. The number of carboxylic acids is 1. The first-order valence-electron chi connectivity index (χ1n) is 5.53. The van der Waals surface area contributed by atoms with Gasteiger partial charge in [-0.3, -0.25) is 4.79 Å². The smallest absolute Gasteiger partial charge is 0.321 e. The second kappa shape index (κ2) is 5.76. The number of carboxylic acid groups (broad SMARTS) is 1. The Morgan fingerprint density at radius 1 is 1.53 bits per heavy atom. The average Bonchev–Trinajstić information content (AvgIpc) is 3.09. The molecule has 0 bridgehead atoms. The number of aliphatic carboxylic acids is 1. The first-order chi connectivity index (χ1) is 8.16. The van der Waals surface area contributed by atoms with Gasteiger partial charge in [-0.25, -0.2) is 0 Å². The molecule has 1 aromatic rings. The molecule has 1 atom stereocenters. The third kappa shape index (κ3) is 3.91. The number of halogens is 1. The SMILES string of the molecule is O=C(O)C(CSc1ccccc1Cl)NC1CC1. The first kappa shape index (κ1) is 12.7. The number of thioether (sulfide) groups is 1. The molecule has 0 heterocycles. The maximum Gasteiger partial charge on any atom is 0.321 e. The molecule has 92 valence electrons. The lowest BCUT2D eigenvalue weighted by Gasteiger charge is -2.13. The molecule has 17 heavy (non-hydrogen) atoms. The van der Waals surface area contributed by atoms with Crippen molar-refractivity contribution >= 4 is 29.3 Å². The zero-order valence-corrected chi connectivity index (χ0v) is 10.8. The second-order valence-electron chi connectivity index (χ2n) is 4.07. The Morgan fingerprint density at radius 3 is 2.82 bits per heavy atom. The highest BCUT2D eigenvalue weighted by molar-refractivity contribution is 7.99. The van der Waals surface area contributed by atoms with Crippen LogP contribution in [-0.2, 0) is 4.79 Å². The summed E-state index contributed by atoms with van der Waals surface area (Å²) in [6.45, 7) is 0. The van der Waals surface area contributed by atoms with Gasteiger partial charge < -0.3 is 10.4 Å². The van der Waals surface area contributed by atoms with Crippen LogP contribution in [0.5, 0.6) is 0 Å². The van der Waals surface area contributed by atoms with E-state index in [1.54, 1.807) is 0 Å². The zero-order valence-electron chi connectivity index (χ0n) is 9.23. The monoisotopic (exact) mass is 271 g/mol. The fourth-order valence-corrected chi connectivity index (χ4v) is 2.73. The standard InChI is InChI=1S/C12H14ClNO2S/c13-9-3-1-2-4-11(9)17-7-10(12(15)16)14-8-5-6-8/h1-4,8,10,14H,5-7H2,(H,15,16). The van der Waals surface area contributed by atoms with Crippen LogP contribution < -0.4 is 5.32 Å². The minimum absolute atomic E-state index is 0.392. The normalized spacial score (nSPS) is 16.8. The maximum absolute atomic E-state index is 11.1. The number of carbonyl (C=O) groups is 1. The molecule has 1 unspecified atom stereocenters. The third-order valence-corrected chi connectivity index (χ3v) is 4.16. The van der Waals surface area contributed by atoms with Gasteiger partial charge in [0, 0.05) is 16.7 Å². The average molecular weight is 272 g/mol. The molecule has 2 N–H and O–H groups in total. The minimum Gasteiger partial charge on any atom is -0.480 e. The molecule has 1 aliphatic rings. The third-order valence-electron chi connectivity index (χ3n) is 2.55. The molecule has 1 aromatic carbocycles. The lowest BCUT2D eigenvalue weighted by atomic mass is 10.3. The van der Waals surface area contributed by atoms with Crippen molar-refractivity contribution in [3.8, 4) is 0 Å². The van der Waals surface area contributed by atoms with Crippen LogP contribution >= 0.6 is 23.4 Å². The minimum atomic E-state index is -0.795. The Bertz CT molecular complexity index is 409. The van der Waals surface area contributed by atoms with E-state index in [0.717, 1.165) is 17.7 Å². The van der Waals surface area contributed by atoms with E-state index in [9.17, 15) is 4.79 Å². The van der Waals surface area contributed by atoms with Crippen LogP contribution in [0.25, 0.3) is 0 Å². The summed E-state index contributed by atoms with van der Waals surface area (Å²) < 4.78 is 0. The van der Waals surface area contributed by atoms with Crippen molar-refractivity contribution in [2.45, 2.75) is 29.8 Å². The van der Waals surface area contributed by atoms with Gasteiger partial charge in [-0.1, -0.05) is 23.7 Å². The van der Waals surface area contributed by atoms with E-state index in [1.165, 1.54) is 11.8 Å². The maximum atomic E-state index is 11.1. The highest BCUT2D eigenvalue weighted by atomic mass is 35.5. The van der Waals surface area contributed by atoms with Crippen molar-refractivity contribution in [1.82, 2.24) is 5.32 Å². The van der Waals surface area contributed by atoms with Gasteiger partial charge in [0.1, 0.15) is 6.04 Å². The van der Waals surface area contributed by atoms with Crippen molar-refractivity contribution in [1.29, 1.82) is 0 Å². The molecule has 1 saturated carbocycles. The fourth-order valence-electron chi connectivity index (χ4n) is 1.46. The predicted octanol–water partition coefficient (Wildman–Crippen LogP) is 2.64. The van der Waals surface area contributed by atoms with Gasteiger partial charge in [0.15, 0.2) is 0 Å². The van der Waals surface area contributed by atoms with Gasteiger partial charge in [-0.15, -0.1) is 11.8 Å². The van der Waals surface area contributed by atoms with Crippen LogP contribution in [0.2, 0.25) is 5.02 Å². The Labute approximate surface area is 110 Å². The molecular weight excluding hydrogens is 258 g/mol. The zero-order chi connectivity index (χ0) is 12.3. The summed E-state index contributed by atoms with van der Waals surface area (Å²) in [5.74, 6) is -0.299. The summed E-state index contributed by atoms with van der Waals surface area (Å²) in [6, 6.07) is 7.38. The van der Waals surface area contributed by atoms with Crippen molar-refractivity contribution in [3.05, 3.63) is 29.3 Å². The molecule has 0 radical (unpaired) electrons. The lowest BCUT2D eigenvalue weighted by Crippen LogP contribution is -2.40. The molecule has 0 aromatic heterocycles. The topological polar surface area (TPSA) is 49.3 Å². The van der Waals surface area contributed by atoms with Crippen LogP contribution in [0.3, 0.4) is 0 Å². The number of rotatable bonds is 6. The van der Waals surface area contributed by atoms with Crippen molar-refractivity contribution in [3.63, 3.8) is 0 Å². The molecule has 0 saturated heterocycles. The van der Waals surface area contributed by atoms with Gasteiger partial charge in [0.25, 0.3) is 0 Å². The number of nitrogens with one attached hydrogen (secondary N) is 1. The summed E-state index contributed by atoms with van der Waals surface area (Å²) in [7, 11) is 0. The first-order valence-corrected chi connectivity index (χ1v) is 6.89. The molecule has 0 aliphatic heterocycles. The van der Waals surface area contributed by atoms with Crippen LogP contribution in [0.1, 0.15) is 12.8 Å². The molecule has 2 rings (SSSR count). The van der Waals surface area contributed by atoms with E-state index in [2.05, 4.69) is 5.32 Å². The van der Waals surface area contributed by atoms with Crippen molar-refractivity contribution < 1.29 is 9.90 Å². The van der Waals surface area contributed by atoms with Gasteiger partial charge >= 0.3 is 5.97 Å². The van der Waals surface area contributed by atoms with E-state index in [0.29, 0.717) is 16.8 Å². The fraction of sp³-hybridized carbons (Fsp3) is 0.417. The Balaban J connectivity index is 1.90. The summed E-state index contributed by atoms with van der Waals surface area (Å²) in [5.41, 5.74) is 0. The molecule has 3 nitrogen and oxygen atoms in total. The number of hydrogen-bond donors (Lipinski definition) is 2. The summed E-state index contributed by atoms with van der Waals surface area (Å²) >= 11 is 7.49. The number of hydrogen-bond acceptors (Lipinski definition) is 3. The molecular formula is C12H14ClNO2S. The predicted molar refractivity (Wildman–Crippen MR) is 69.8 cm³/mol. The van der Waals surface area contributed by atoms with Gasteiger partial charge in [0.05, 0.1) is 5.02 Å². The lowest BCUT2D eigenvalue weighted by molar-refractivity contribution is -0.138. The van der Waals surface area contributed by atoms with Crippen molar-refractivity contribution in [2.24, 2.45) is 0 Å². The quantitative estimate of drug-likeness (QED) is 0.781. The van der Waals surface area contributed by atoms with E-state index in [1.807, 2.05) is 24.3 Å². The molecule has 1 fully saturated rings. The summed E-state index contributed by atoms with van der Waals surface area (Å²) in [5, 5.41) is 12.9. The Kier molecular flexibility index (Phi) is 4.31. The van der Waals surface area contributed by atoms with E-state index >= 15 is 0 Å². The summed E-state index contributed by atoms with van der Waals surface area (Å²) in [4.78, 5) is 12.0. The van der Waals surface area contributed by atoms with E-state index < -0.39 is 12.0 Å².